The maximum atomic E-state index is 12.4. The number of hydrogen-bond donors (Lipinski definition) is 2. The van der Waals surface area contributed by atoms with Gasteiger partial charge >= 0.3 is 0 Å². The van der Waals surface area contributed by atoms with Crippen LogP contribution < -0.4 is 11.1 Å². The van der Waals surface area contributed by atoms with Crippen LogP contribution in [-0.2, 0) is 16.8 Å². The Balaban J connectivity index is 1.69. The Bertz CT molecular complexity index is 1370. The van der Waals surface area contributed by atoms with Gasteiger partial charge in [0.05, 0.1) is 23.0 Å². The van der Waals surface area contributed by atoms with Gasteiger partial charge in [-0.3, -0.25) is 9.48 Å². The van der Waals surface area contributed by atoms with Crippen molar-refractivity contribution in [2.75, 3.05) is 11.1 Å². The van der Waals surface area contributed by atoms with E-state index < -0.39 is 5.41 Å². The molecule has 0 radical (unpaired) electrons. The number of amides is 1. The van der Waals surface area contributed by atoms with Gasteiger partial charge in [-0.2, -0.15) is 5.10 Å². The Hall–Kier alpha value is -3.45. The molecule has 1 amide bonds. The molecule has 2 aromatic heterocycles. The van der Waals surface area contributed by atoms with Gasteiger partial charge in [0, 0.05) is 10.4 Å². The Morgan fingerprint density at radius 1 is 1.16 bits per heavy atom. The van der Waals surface area contributed by atoms with E-state index in [4.69, 9.17) is 22.4 Å². The normalized spacial score (nSPS) is 14.6. The maximum absolute atomic E-state index is 12.4. The van der Waals surface area contributed by atoms with Gasteiger partial charge in [-0.15, -0.1) is 0 Å². The summed E-state index contributed by atoms with van der Waals surface area (Å²) in [6.07, 6.45) is 0. The number of carbonyl (C=O) groups excluding carboxylic acids is 1. The molecular weight excluding hydrogens is 412 g/mol. The molecule has 0 unspecified atom stereocenters. The van der Waals surface area contributed by atoms with Gasteiger partial charge < -0.3 is 11.1 Å². The lowest BCUT2D eigenvalue weighted by Crippen LogP contribution is -2.27. The van der Waals surface area contributed by atoms with E-state index in [1.54, 1.807) is 0 Å². The molecule has 1 aliphatic rings. The molecule has 4 aromatic rings. The van der Waals surface area contributed by atoms with E-state index in [1.165, 1.54) is 5.56 Å². The van der Waals surface area contributed by atoms with E-state index >= 15 is 0 Å². The minimum atomic E-state index is -0.780. The van der Waals surface area contributed by atoms with Crippen LogP contribution in [0.2, 0.25) is 5.02 Å². The molecule has 3 heterocycles. The molecule has 1 aliphatic heterocycles. The molecule has 31 heavy (non-hydrogen) atoms. The predicted molar refractivity (Wildman–Crippen MR) is 122 cm³/mol. The highest BCUT2D eigenvalue weighted by Gasteiger charge is 2.42. The van der Waals surface area contributed by atoms with Crippen LogP contribution in [0.3, 0.4) is 0 Å². The van der Waals surface area contributed by atoms with E-state index in [9.17, 15) is 4.79 Å². The predicted octanol–water partition coefficient (Wildman–Crippen LogP) is 4.32. The van der Waals surface area contributed by atoms with Crippen LogP contribution in [0.5, 0.6) is 0 Å². The maximum Gasteiger partial charge on any atom is 0.235 e. The Morgan fingerprint density at radius 3 is 2.71 bits per heavy atom. The van der Waals surface area contributed by atoms with E-state index in [0.29, 0.717) is 34.5 Å². The number of carbonyl (C=O) groups is 1. The van der Waals surface area contributed by atoms with Crippen molar-refractivity contribution in [1.29, 1.82) is 0 Å². The number of halogens is 1. The van der Waals surface area contributed by atoms with Crippen LogP contribution in [0.1, 0.15) is 30.5 Å². The summed E-state index contributed by atoms with van der Waals surface area (Å²) >= 11 is 6.29. The second kappa shape index (κ2) is 6.78. The lowest BCUT2D eigenvalue weighted by molar-refractivity contribution is -0.119. The fourth-order valence-electron chi connectivity index (χ4n) is 4.05. The van der Waals surface area contributed by atoms with E-state index in [0.717, 1.165) is 16.5 Å². The summed E-state index contributed by atoms with van der Waals surface area (Å²) in [6, 6.07) is 13.8. The van der Waals surface area contributed by atoms with Crippen LogP contribution >= 0.6 is 11.6 Å². The van der Waals surface area contributed by atoms with Crippen molar-refractivity contribution in [3.8, 4) is 11.5 Å². The lowest BCUT2D eigenvalue weighted by Gasteiger charge is -2.16. The number of nitrogen functional groups attached to an aromatic ring is 1. The number of hydrogen-bond acceptors (Lipinski definition) is 5. The summed E-state index contributed by atoms with van der Waals surface area (Å²) in [5.74, 6) is 0.930. The topological polar surface area (TPSA) is 98.7 Å². The van der Waals surface area contributed by atoms with Crippen LogP contribution in [0, 0.1) is 6.92 Å². The van der Waals surface area contributed by atoms with Crippen molar-refractivity contribution in [3.63, 3.8) is 0 Å². The van der Waals surface area contributed by atoms with Gasteiger partial charge in [-0.25, -0.2) is 9.97 Å². The van der Waals surface area contributed by atoms with Crippen molar-refractivity contribution in [2.24, 2.45) is 0 Å². The average molecular weight is 433 g/mol. The zero-order valence-corrected chi connectivity index (χ0v) is 18.2. The zero-order chi connectivity index (χ0) is 21.9. The van der Waals surface area contributed by atoms with Crippen molar-refractivity contribution < 1.29 is 4.79 Å². The zero-order valence-electron chi connectivity index (χ0n) is 17.4. The second-order valence-electron chi connectivity index (χ2n) is 8.33. The Labute approximate surface area is 184 Å². The fourth-order valence-corrected chi connectivity index (χ4v) is 4.22. The summed E-state index contributed by atoms with van der Waals surface area (Å²) in [4.78, 5) is 21.5. The molecule has 0 saturated heterocycles. The molecule has 3 N–H and O–H groups in total. The minimum absolute atomic E-state index is 0.151. The molecule has 0 atom stereocenters. The average Bonchev–Trinajstić information content (AvgIpc) is 3.17. The summed E-state index contributed by atoms with van der Waals surface area (Å²) in [5.41, 5.74) is 9.90. The molecule has 7 nitrogen and oxygen atoms in total. The van der Waals surface area contributed by atoms with Gasteiger partial charge in [0.15, 0.2) is 5.82 Å². The number of rotatable bonds is 3. The molecule has 0 aliphatic carbocycles. The Morgan fingerprint density at radius 2 is 1.94 bits per heavy atom. The third-order valence-electron chi connectivity index (χ3n) is 5.87. The summed E-state index contributed by atoms with van der Waals surface area (Å²) < 4.78 is 1.90. The largest absolute Gasteiger partial charge is 0.383 e. The molecule has 0 spiro atoms. The highest BCUT2D eigenvalue weighted by Crippen LogP contribution is 2.40. The lowest BCUT2D eigenvalue weighted by atomic mass is 9.87. The van der Waals surface area contributed by atoms with Crippen molar-refractivity contribution in [3.05, 3.63) is 64.2 Å². The number of fused-ring (bicyclic) bond motifs is 2. The first-order valence-electron chi connectivity index (χ1n) is 9.96. The van der Waals surface area contributed by atoms with Gasteiger partial charge in [-0.1, -0.05) is 35.9 Å². The smallest absolute Gasteiger partial charge is 0.235 e. The summed E-state index contributed by atoms with van der Waals surface area (Å²) in [7, 11) is 0. The first kappa shape index (κ1) is 19.5. The number of nitrogens with two attached hydrogens (primary N) is 1. The number of aryl methyl sites for hydroxylation is 1. The van der Waals surface area contributed by atoms with E-state index in [2.05, 4.69) is 34.3 Å². The van der Waals surface area contributed by atoms with Gasteiger partial charge in [0.1, 0.15) is 17.3 Å². The van der Waals surface area contributed by atoms with Gasteiger partial charge in [-0.05, 0) is 50.1 Å². The monoisotopic (exact) mass is 432 g/mol. The van der Waals surface area contributed by atoms with Crippen LogP contribution in [0.4, 0.5) is 11.6 Å². The second-order valence-corrected chi connectivity index (χ2v) is 8.77. The number of benzene rings is 2. The number of aromatic nitrogens is 4. The third kappa shape index (κ3) is 3.04. The molecule has 8 heteroatoms. The highest BCUT2D eigenvalue weighted by atomic mass is 35.5. The van der Waals surface area contributed by atoms with Crippen molar-refractivity contribution in [1.82, 2.24) is 19.7 Å². The summed E-state index contributed by atoms with van der Waals surface area (Å²) in [6.45, 7) is 6.26. The van der Waals surface area contributed by atoms with Crippen LogP contribution in [0.25, 0.3) is 22.4 Å². The molecule has 0 bridgehead atoms. The SMILES string of the molecule is Cc1ccccc1Cn1nc(-c2nc(N)c3c(n2)NC(=O)C3(C)C)c2ccc(Cl)cc21. The number of nitrogens with one attached hydrogen (secondary N) is 1. The fraction of sp³-hybridized carbons (Fsp3) is 0.217. The molecule has 156 valence electrons. The molecular formula is C23H21ClN6O. The molecule has 0 fully saturated rings. The Kier molecular flexibility index (Phi) is 4.27. The number of nitrogens with zero attached hydrogens (tertiary/aromatic N) is 4. The quantitative estimate of drug-likeness (QED) is 0.502. The van der Waals surface area contributed by atoms with Gasteiger partial charge in [0.2, 0.25) is 5.91 Å². The van der Waals surface area contributed by atoms with Crippen LogP contribution in [0.15, 0.2) is 42.5 Å². The standard InChI is InChI=1S/C23H21ClN6O/c1-12-6-4-5-7-13(12)11-30-16-10-14(24)8-9-15(16)18(29-30)21-26-19(25)17-20(27-21)28-22(31)23(17,2)3/h4-10H,11H2,1-3H3,(H3,25,26,27,28,31). The van der Waals surface area contributed by atoms with Crippen molar-refractivity contribution >= 4 is 40.0 Å². The van der Waals surface area contributed by atoms with E-state index in [-0.39, 0.29) is 11.7 Å². The molecule has 5 rings (SSSR count). The van der Waals surface area contributed by atoms with Gasteiger partial charge in [0.25, 0.3) is 0 Å². The third-order valence-corrected chi connectivity index (χ3v) is 6.10. The summed E-state index contributed by atoms with van der Waals surface area (Å²) in [5, 5.41) is 9.13. The highest BCUT2D eigenvalue weighted by molar-refractivity contribution is 6.31. The first-order chi connectivity index (χ1) is 14.8. The van der Waals surface area contributed by atoms with Crippen molar-refractivity contribution in [2.45, 2.75) is 32.7 Å². The van der Waals surface area contributed by atoms with E-state index in [1.807, 2.05) is 48.9 Å². The molecule has 0 saturated carbocycles. The first-order valence-corrected chi connectivity index (χ1v) is 10.3. The van der Waals surface area contributed by atoms with Crippen LogP contribution in [-0.4, -0.2) is 25.7 Å². The number of anilines is 2. The molecule has 2 aromatic carbocycles. The minimum Gasteiger partial charge on any atom is -0.383 e.